The molecule has 0 aromatic rings. The van der Waals surface area contributed by atoms with Crippen molar-refractivity contribution in [2.45, 2.75) is 102 Å². The molecule has 3 atom stereocenters. The molecule has 0 radical (unpaired) electrons. The monoisotopic (exact) mass is 382 g/mol. The van der Waals surface area contributed by atoms with E-state index in [1.54, 1.807) is 0 Å². The van der Waals surface area contributed by atoms with E-state index < -0.39 is 30.0 Å². The first-order valence-electron chi connectivity index (χ1n) is 10.4. The van der Waals surface area contributed by atoms with Gasteiger partial charge in [-0.15, -0.1) is 0 Å². The largest absolute Gasteiger partial charge is 0.356 e. The van der Waals surface area contributed by atoms with Crippen molar-refractivity contribution in [1.82, 2.24) is 0 Å². The lowest BCUT2D eigenvalue weighted by molar-refractivity contribution is -0.256. The van der Waals surface area contributed by atoms with Crippen LogP contribution in [-0.2, 0) is 0 Å². The van der Waals surface area contributed by atoms with Crippen molar-refractivity contribution in [3.63, 3.8) is 0 Å². The van der Waals surface area contributed by atoms with Crippen LogP contribution in [0.4, 0.5) is 17.6 Å². The van der Waals surface area contributed by atoms with Gasteiger partial charge in [0, 0.05) is 0 Å². The van der Waals surface area contributed by atoms with Crippen molar-refractivity contribution >= 4 is 0 Å². The van der Waals surface area contributed by atoms with Crippen molar-refractivity contribution < 1.29 is 27.8 Å². The first-order chi connectivity index (χ1) is 12.2. The maximum atomic E-state index is 14.0. The van der Waals surface area contributed by atoms with E-state index >= 15 is 0 Å². The Labute approximate surface area is 154 Å². The van der Waals surface area contributed by atoms with Crippen molar-refractivity contribution in [1.29, 1.82) is 0 Å². The molecule has 2 aliphatic carbocycles. The summed E-state index contributed by atoms with van der Waals surface area (Å²) in [5.74, 6) is -2.76. The molecule has 0 bridgehead atoms. The summed E-state index contributed by atoms with van der Waals surface area (Å²) < 4.78 is 55.0. The van der Waals surface area contributed by atoms with Crippen LogP contribution in [0, 0.1) is 23.7 Å². The number of hydrogen-bond acceptors (Lipinski definition) is 2. The van der Waals surface area contributed by atoms with Crippen LogP contribution in [-0.4, -0.2) is 22.4 Å². The molecule has 2 N–H and O–H groups in total. The zero-order valence-corrected chi connectivity index (χ0v) is 15.6. The van der Waals surface area contributed by atoms with Gasteiger partial charge < -0.3 is 10.2 Å². The highest BCUT2D eigenvalue weighted by molar-refractivity contribution is 4.85. The van der Waals surface area contributed by atoms with Crippen LogP contribution in [0.5, 0.6) is 0 Å². The molecule has 2 nitrogen and oxygen atoms in total. The fourth-order valence-electron chi connectivity index (χ4n) is 5.14. The lowest BCUT2D eigenvalue weighted by atomic mass is 9.72. The molecule has 2 rings (SSSR count). The van der Waals surface area contributed by atoms with Crippen molar-refractivity contribution in [2.24, 2.45) is 23.7 Å². The predicted octanol–water partition coefficient (Wildman–Crippen LogP) is 6.11. The van der Waals surface area contributed by atoms with Gasteiger partial charge in [-0.05, 0) is 37.5 Å². The molecule has 26 heavy (non-hydrogen) atoms. The van der Waals surface area contributed by atoms with E-state index in [9.17, 15) is 22.7 Å². The Morgan fingerprint density at radius 2 is 1.04 bits per heavy atom. The second-order valence-corrected chi connectivity index (χ2v) is 8.46. The van der Waals surface area contributed by atoms with Crippen molar-refractivity contribution in [2.75, 3.05) is 0 Å². The SMILES string of the molecule is OC(F)(F)C1CCCCC(C(O)(F)F)C(C2CCCCCCCC2)CC1. The summed E-state index contributed by atoms with van der Waals surface area (Å²) in [7, 11) is 0. The van der Waals surface area contributed by atoms with Crippen molar-refractivity contribution in [3.05, 3.63) is 0 Å². The summed E-state index contributed by atoms with van der Waals surface area (Å²) in [5, 5.41) is 18.7. The van der Waals surface area contributed by atoms with Crippen LogP contribution >= 0.6 is 0 Å². The lowest BCUT2D eigenvalue weighted by Gasteiger charge is -2.36. The van der Waals surface area contributed by atoms with Gasteiger partial charge >= 0.3 is 12.2 Å². The topological polar surface area (TPSA) is 40.5 Å². The molecule has 0 spiro atoms. The number of aliphatic hydroxyl groups is 2. The summed E-state index contributed by atoms with van der Waals surface area (Å²) in [6, 6.07) is 0. The molecule has 2 aliphatic rings. The molecule has 3 unspecified atom stereocenters. The van der Waals surface area contributed by atoms with Crippen LogP contribution in [0.15, 0.2) is 0 Å². The Hall–Kier alpha value is -0.360. The van der Waals surface area contributed by atoms with Gasteiger partial charge in [-0.3, -0.25) is 0 Å². The fourth-order valence-corrected chi connectivity index (χ4v) is 5.14. The highest BCUT2D eigenvalue weighted by Crippen LogP contribution is 2.46. The summed E-state index contributed by atoms with van der Waals surface area (Å²) in [5.41, 5.74) is 0. The molecule has 6 heteroatoms. The number of alkyl halides is 4. The third-order valence-electron chi connectivity index (χ3n) is 6.63. The highest BCUT2D eigenvalue weighted by Gasteiger charge is 2.46. The number of halogens is 4. The van der Waals surface area contributed by atoms with E-state index in [0.717, 1.165) is 51.4 Å². The average Bonchev–Trinajstić information content (AvgIpc) is 2.73. The normalized spacial score (nSPS) is 31.8. The fraction of sp³-hybridized carbons (Fsp3) is 1.00. The van der Waals surface area contributed by atoms with E-state index in [1.165, 1.54) is 0 Å². The maximum absolute atomic E-state index is 14.0. The third-order valence-corrected chi connectivity index (χ3v) is 6.63. The first kappa shape index (κ1) is 21.9. The Morgan fingerprint density at radius 1 is 0.538 bits per heavy atom. The molecule has 0 aromatic carbocycles. The van der Waals surface area contributed by atoms with Crippen LogP contribution < -0.4 is 0 Å². The minimum Gasteiger partial charge on any atom is -0.336 e. The highest BCUT2D eigenvalue weighted by atomic mass is 19.3. The van der Waals surface area contributed by atoms with Gasteiger partial charge in [-0.25, -0.2) is 0 Å². The van der Waals surface area contributed by atoms with E-state index in [2.05, 4.69) is 0 Å². The molecule has 0 saturated heterocycles. The van der Waals surface area contributed by atoms with E-state index in [0.29, 0.717) is 12.8 Å². The summed E-state index contributed by atoms with van der Waals surface area (Å²) >= 11 is 0. The Bertz CT molecular complexity index is 396. The number of rotatable bonds is 3. The average molecular weight is 382 g/mol. The summed E-state index contributed by atoms with van der Waals surface area (Å²) in [6.07, 6.45) is 1.91. The summed E-state index contributed by atoms with van der Waals surface area (Å²) in [4.78, 5) is 0. The van der Waals surface area contributed by atoms with Crippen LogP contribution in [0.3, 0.4) is 0 Å². The second-order valence-electron chi connectivity index (χ2n) is 8.46. The van der Waals surface area contributed by atoms with E-state index in [1.807, 2.05) is 0 Å². The molecule has 0 aliphatic heterocycles. The Kier molecular flexibility index (Phi) is 8.20. The quantitative estimate of drug-likeness (QED) is 0.578. The van der Waals surface area contributed by atoms with E-state index in [4.69, 9.17) is 5.11 Å². The molecule has 0 heterocycles. The zero-order chi connectivity index (χ0) is 19.2. The van der Waals surface area contributed by atoms with Gasteiger partial charge in [0.2, 0.25) is 0 Å². The zero-order valence-electron chi connectivity index (χ0n) is 15.6. The minimum atomic E-state index is -3.77. The van der Waals surface area contributed by atoms with Gasteiger partial charge in [-0.1, -0.05) is 64.2 Å². The minimum absolute atomic E-state index is 0.0389. The van der Waals surface area contributed by atoms with Gasteiger partial charge in [-0.2, -0.15) is 17.6 Å². The Morgan fingerprint density at radius 3 is 1.58 bits per heavy atom. The van der Waals surface area contributed by atoms with Crippen molar-refractivity contribution in [3.8, 4) is 0 Å². The molecule has 0 aromatic heterocycles. The smallest absolute Gasteiger partial charge is 0.336 e. The second kappa shape index (κ2) is 9.72. The lowest BCUT2D eigenvalue weighted by Crippen LogP contribution is -2.38. The first-order valence-corrected chi connectivity index (χ1v) is 10.4. The maximum Gasteiger partial charge on any atom is 0.356 e. The van der Waals surface area contributed by atoms with Gasteiger partial charge in [0.05, 0.1) is 11.8 Å². The molecule has 2 saturated carbocycles. The summed E-state index contributed by atoms with van der Waals surface area (Å²) in [6.45, 7) is 0. The van der Waals surface area contributed by atoms with Crippen LogP contribution in [0.25, 0.3) is 0 Å². The van der Waals surface area contributed by atoms with Crippen LogP contribution in [0.2, 0.25) is 0 Å². The standard InChI is InChI=1S/C20H34F4O2/c21-19(22,25)16-11-7-8-12-18(20(23,24)26)17(14-13-16)15-9-5-3-1-2-4-6-10-15/h15-18,25-26H,1-14H2. The van der Waals surface area contributed by atoms with Gasteiger partial charge in [0.25, 0.3) is 0 Å². The van der Waals surface area contributed by atoms with Gasteiger partial charge in [0.1, 0.15) is 0 Å². The molecule has 154 valence electrons. The predicted molar refractivity (Wildman–Crippen MR) is 92.9 cm³/mol. The molecular formula is C20H34F4O2. The van der Waals surface area contributed by atoms with E-state index in [-0.39, 0.29) is 31.6 Å². The molecule has 2 fully saturated rings. The Balaban J connectivity index is 2.20. The molecular weight excluding hydrogens is 348 g/mol. The van der Waals surface area contributed by atoms with Crippen LogP contribution in [0.1, 0.15) is 89.9 Å². The number of hydrogen-bond donors (Lipinski definition) is 2. The third kappa shape index (κ3) is 6.66. The van der Waals surface area contributed by atoms with Gasteiger partial charge in [0.15, 0.2) is 0 Å². The molecule has 0 amide bonds.